The van der Waals surface area contributed by atoms with Gasteiger partial charge in [0.15, 0.2) is 0 Å². The van der Waals surface area contributed by atoms with Crippen LogP contribution in [0.4, 0.5) is 0 Å². The quantitative estimate of drug-likeness (QED) is 0.237. The van der Waals surface area contributed by atoms with Crippen LogP contribution < -0.4 is 10.6 Å². The van der Waals surface area contributed by atoms with Crippen LogP contribution in [0.1, 0.15) is 52.0 Å². The third kappa shape index (κ3) is 9.88. The molecule has 0 bridgehead atoms. The summed E-state index contributed by atoms with van der Waals surface area (Å²) < 4.78 is 10.5. The maximum absolute atomic E-state index is 12.9. The first kappa shape index (κ1) is 27.3. The number of carbonyl (C=O) groups is 4. The van der Waals surface area contributed by atoms with Crippen LogP contribution in [0.5, 0.6) is 0 Å². The second-order valence-electron chi connectivity index (χ2n) is 8.61. The average molecular weight is 478 g/mol. The molecule has 2 rings (SSSR count). The molecule has 10 nitrogen and oxygen atoms in total. The summed E-state index contributed by atoms with van der Waals surface area (Å²) in [7, 11) is 0. The predicted octanol–water partition coefficient (Wildman–Crippen LogP) is 1.68. The monoisotopic (exact) mass is 477 g/mol. The van der Waals surface area contributed by atoms with E-state index in [4.69, 9.17) is 14.3 Å². The molecule has 3 atom stereocenters. The zero-order valence-electron chi connectivity index (χ0n) is 20.0. The van der Waals surface area contributed by atoms with E-state index in [1.807, 2.05) is 44.2 Å². The molecule has 1 aromatic carbocycles. The molecule has 0 aromatic heterocycles. The minimum atomic E-state index is -0.831. The number of benzene rings is 1. The SMILES string of the molecule is CC(=O)O[C@@H]1OCC[C@@H]1NC(=O)[C@H](CC(C)C)NC(=O)CCCN(C=O)OCc1ccccc1. The molecule has 1 fully saturated rings. The highest BCUT2D eigenvalue weighted by Crippen LogP contribution is 2.16. The maximum Gasteiger partial charge on any atom is 0.305 e. The number of amides is 3. The number of rotatable bonds is 14. The van der Waals surface area contributed by atoms with Gasteiger partial charge >= 0.3 is 5.97 Å². The molecule has 3 amide bonds. The summed E-state index contributed by atoms with van der Waals surface area (Å²) in [5, 5.41) is 6.77. The van der Waals surface area contributed by atoms with Crippen LogP contribution in [0.25, 0.3) is 0 Å². The van der Waals surface area contributed by atoms with Crippen molar-refractivity contribution in [2.75, 3.05) is 13.2 Å². The molecule has 1 aromatic rings. The van der Waals surface area contributed by atoms with Crippen molar-refractivity contribution >= 4 is 24.2 Å². The Kier molecular flexibility index (Phi) is 11.5. The molecule has 1 aliphatic heterocycles. The number of ether oxygens (including phenoxy) is 2. The summed E-state index contributed by atoms with van der Waals surface area (Å²) in [5.41, 5.74) is 0.929. The molecule has 34 heavy (non-hydrogen) atoms. The third-order valence-corrected chi connectivity index (χ3v) is 5.15. The van der Waals surface area contributed by atoms with Gasteiger partial charge in [0.2, 0.25) is 24.5 Å². The predicted molar refractivity (Wildman–Crippen MR) is 123 cm³/mol. The highest BCUT2D eigenvalue weighted by Gasteiger charge is 2.34. The molecule has 10 heteroatoms. The molecular formula is C24H35N3O7. The number of nitrogens with one attached hydrogen (secondary N) is 2. The molecular weight excluding hydrogens is 442 g/mol. The Balaban J connectivity index is 1.80. The van der Waals surface area contributed by atoms with Crippen molar-refractivity contribution in [3.63, 3.8) is 0 Å². The minimum Gasteiger partial charge on any atom is -0.434 e. The van der Waals surface area contributed by atoms with Crippen LogP contribution in [0.2, 0.25) is 0 Å². The number of nitrogens with zero attached hydrogens (tertiary/aromatic N) is 1. The van der Waals surface area contributed by atoms with E-state index in [-0.39, 0.29) is 37.3 Å². The topological polar surface area (TPSA) is 123 Å². The van der Waals surface area contributed by atoms with Crippen molar-refractivity contribution in [3.8, 4) is 0 Å². The second-order valence-corrected chi connectivity index (χ2v) is 8.61. The van der Waals surface area contributed by atoms with Gasteiger partial charge in [-0.1, -0.05) is 44.2 Å². The molecule has 0 radical (unpaired) electrons. The fourth-order valence-electron chi connectivity index (χ4n) is 3.51. The van der Waals surface area contributed by atoms with Gasteiger partial charge in [-0.3, -0.25) is 24.0 Å². The lowest BCUT2D eigenvalue weighted by Gasteiger charge is -2.24. The Labute approximate surface area is 200 Å². The summed E-state index contributed by atoms with van der Waals surface area (Å²) in [6, 6.07) is 8.24. The first-order valence-corrected chi connectivity index (χ1v) is 11.6. The van der Waals surface area contributed by atoms with E-state index >= 15 is 0 Å². The molecule has 0 spiro atoms. The highest BCUT2D eigenvalue weighted by atomic mass is 16.7. The number of carbonyl (C=O) groups excluding carboxylic acids is 4. The molecule has 0 unspecified atom stereocenters. The Morgan fingerprint density at radius 1 is 1.24 bits per heavy atom. The largest absolute Gasteiger partial charge is 0.434 e. The van der Waals surface area contributed by atoms with E-state index in [9.17, 15) is 19.2 Å². The summed E-state index contributed by atoms with van der Waals surface area (Å²) in [6.45, 7) is 6.05. The van der Waals surface area contributed by atoms with Crippen molar-refractivity contribution in [3.05, 3.63) is 35.9 Å². The zero-order chi connectivity index (χ0) is 24.9. The summed E-state index contributed by atoms with van der Waals surface area (Å²) >= 11 is 0. The van der Waals surface area contributed by atoms with Gasteiger partial charge in [-0.2, -0.15) is 0 Å². The normalized spacial score (nSPS) is 18.2. The lowest BCUT2D eigenvalue weighted by Crippen LogP contribution is -2.52. The van der Waals surface area contributed by atoms with Crippen LogP contribution >= 0.6 is 0 Å². The Bertz CT molecular complexity index is 803. The van der Waals surface area contributed by atoms with Crippen LogP contribution in [0.15, 0.2) is 30.3 Å². The smallest absolute Gasteiger partial charge is 0.305 e. The summed E-state index contributed by atoms with van der Waals surface area (Å²) in [5.74, 6) is -0.975. The Hall–Kier alpha value is -2.98. The van der Waals surface area contributed by atoms with Gasteiger partial charge < -0.3 is 20.1 Å². The summed E-state index contributed by atoms with van der Waals surface area (Å²) in [4.78, 5) is 53.3. The van der Waals surface area contributed by atoms with Crippen LogP contribution in [0.3, 0.4) is 0 Å². The van der Waals surface area contributed by atoms with Crippen LogP contribution in [0, 0.1) is 5.92 Å². The lowest BCUT2D eigenvalue weighted by atomic mass is 10.0. The first-order chi connectivity index (χ1) is 16.3. The van der Waals surface area contributed by atoms with Gasteiger partial charge in [0.05, 0.1) is 12.6 Å². The summed E-state index contributed by atoms with van der Waals surface area (Å²) in [6.07, 6.45) is 1.21. The van der Waals surface area contributed by atoms with Gasteiger partial charge in [-0.25, -0.2) is 5.06 Å². The fourth-order valence-corrected chi connectivity index (χ4v) is 3.51. The third-order valence-electron chi connectivity index (χ3n) is 5.15. The van der Waals surface area contributed by atoms with E-state index in [1.165, 1.54) is 6.92 Å². The van der Waals surface area contributed by atoms with Gasteiger partial charge in [-0.15, -0.1) is 0 Å². The van der Waals surface area contributed by atoms with E-state index in [0.29, 0.717) is 32.3 Å². The molecule has 2 N–H and O–H groups in total. The maximum atomic E-state index is 12.9. The van der Waals surface area contributed by atoms with Crippen molar-refractivity contribution in [1.82, 2.24) is 15.7 Å². The van der Waals surface area contributed by atoms with Crippen LogP contribution in [-0.2, 0) is 40.1 Å². The Morgan fingerprint density at radius 2 is 1.97 bits per heavy atom. The van der Waals surface area contributed by atoms with E-state index < -0.39 is 24.3 Å². The van der Waals surface area contributed by atoms with Gasteiger partial charge in [0.25, 0.3) is 0 Å². The van der Waals surface area contributed by atoms with Gasteiger partial charge in [0.1, 0.15) is 12.6 Å². The Morgan fingerprint density at radius 3 is 2.62 bits per heavy atom. The van der Waals surface area contributed by atoms with E-state index in [2.05, 4.69) is 10.6 Å². The number of esters is 1. The van der Waals surface area contributed by atoms with Crippen molar-refractivity contribution < 1.29 is 33.5 Å². The van der Waals surface area contributed by atoms with Crippen molar-refractivity contribution in [2.24, 2.45) is 5.92 Å². The fraction of sp³-hybridized carbons (Fsp3) is 0.583. The molecule has 0 saturated carbocycles. The van der Waals surface area contributed by atoms with E-state index in [0.717, 1.165) is 10.6 Å². The number of hydrogen-bond acceptors (Lipinski definition) is 7. The average Bonchev–Trinajstić information content (AvgIpc) is 3.21. The molecule has 188 valence electrons. The number of hydroxylamine groups is 2. The minimum absolute atomic E-state index is 0.128. The van der Waals surface area contributed by atoms with Gasteiger partial charge in [0, 0.05) is 19.9 Å². The highest BCUT2D eigenvalue weighted by molar-refractivity contribution is 5.87. The van der Waals surface area contributed by atoms with Gasteiger partial charge in [-0.05, 0) is 30.7 Å². The van der Waals surface area contributed by atoms with Crippen molar-refractivity contribution in [1.29, 1.82) is 0 Å². The van der Waals surface area contributed by atoms with E-state index in [1.54, 1.807) is 0 Å². The molecule has 1 saturated heterocycles. The standard InChI is InChI=1S/C24H35N3O7/c1-17(2)14-21(23(31)26-20-11-13-32-24(20)34-18(3)29)25-22(30)10-7-12-27(16-28)33-15-19-8-5-4-6-9-19/h4-6,8-9,16-17,20-21,24H,7,10-15H2,1-3H3,(H,25,30)(H,26,31)/t20-,21-,24-/m0/s1. The molecule has 0 aliphatic carbocycles. The first-order valence-electron chi connectivity index (χ1n) is 11.6. The number of hydrogen-bond donors (Lipinski definition) is 2. The molecule has 1 aliphatic rings. The second kappa shape index (κ2) is 14.3. The zero-order valence-corrected chi connectivity index (χ0v) is 20.0. The van der Waals surface area contributed by atoms with Crippen LogP contribution in [-0.4, -0.2) is 60.8 Å². The molecule has 1 heterocycles. The van der Waals surface area contributed by atoms with Crippen molar-refractivity contribution in [2.45, 2.75) is 71.4 Å². The lowest BCUT2D eigenvalue weighted by molar-refractivity contribution is -0.177.